The number of piperidine rings is 2. The molecule has 1 aliphatic carbocycles. The molecule has 1 unspecified atom stereocenters. The summed E-state index contributed by atoms with van der Waals surface area (Å²) in [5.41, 5.74) is 2.12. The van der Waals surface area contributed by atoms with Gasteiger partial charge >= 0.3 is 0 Å². The molecule has 1 spiro atoms. The van der Waals surface area contributed by atoms with Crippen LogP contribution in [0.1, 0.15) is 43.4 Å². The van der Waals surface area contributed by atoms with Crippen LogP contribution in [0.2, 0.25) is 0 Å². The summed E-state index contributed by atoms with van der Waals surface area (Å²) in [5.74, 6) is 1.19. The van der Waals surface area contributed by atoms with Gasteiger partial charge in [-0.1, -0.05) is 0 Å². The molecule has 1 aromatic heterocycles. The van der Waals surface area contributed by atoms with E-state index in [0.717, 1.165) is 44.6 Å². The second-order valence-electron chi connectivity index (χ2n) is 7.16. The lowest BCUT2D eigenvalue weighted by atomic mass is 9.71. The zero-order valence-electron chi connectivity index (χ0n) is 13.4. The van der Waals surface area contributed by atoms with Gasteiger partial charge in [0.1, 0.15) is 12.1 Å². The molecule has 0 aromatic carbocycles. The zero-order valence-corrected chi connectivity index (χ0v) is 13.4. The number of anilines is 1. The Morgan fingerprint density at radius 1 is 1.22 bits per heavy atom. The highest BCUT2D eigenvalue weighted by atomic mass is 16.3. The predicted molar refractivity (Wildman–Crippen MR) is 86.2 cm³/mol. The van der Waals surface area contributed by atoms with Gasteiger partial charge < -0.3 is 15.3 Å². The summed E-state index contributed by atoms with van der Waals surface area (Å²) in [6.07, 6.45) is 7.97. The maximum Gasteiger partial charge on any atom is 0.226 e. The molecule has 3 heterocycles. The van der Waals surface area contributed by atoms with Gasteiger partial charge in [0.25, 0.3) is 0 Å². The molecule has 2 saturated heterocycles. The average Bonchev–Trinajstić information content (AvgIpc) is 2.59. The molecule has 6 heteroatoms. The van der Waals surface area contributed by atoms with E-state index < -0.39 is 6.10 Å². The lowest BCUT2D eigenvalue weighted by molar-refractivity contribution is -0.138. The van der Waals surface area contributed by atoms with Crippen molar-refractivity contribution >= 4 is 11.7 Å². The third kappa shape index (κ3) is 2.59. The van der Waals surface area contributed by atoms with E-state index in [1.54, 1.807) is 6.33 Å². The summed E-state index contributed by atoms with van der Waals surface area (Å²) in [7, 11) is 0. The smallest absolute Gasteiger partial charge is 0.226 e. The number of nitrogens with one attached hydrogen (secondary N) is 1. The topological polar surface area (TPSA) is 78.4 Å². The van der Waals surface area contributed by atoms with Crippen molar-refractivity contribution in [3.8, 4) is 0 Å². The maximum atomic E-state index is 12.3. The second-order valence-corrected chi connectivity index (χ2v) is 7.16. The molecule has 1 aromatic rings. The summed E-state index contributed by atoms with van der Waals surface area (Å²) < 4.78 is 0. The summed E-state index contributed by atoms with van der Waals surface area (Å²) in [6, 6.07) is 0. The third-order valence-electron chi connectivity index (χ3n) is 5.73. The van der Waals surface area contributed by atoms with E-state index in [9.17, 15) is 9.90 Å². The molecule has 2 N–H and O–H groups in total. The number of carbonyl (C=O) groups is 1. The Morgan fingerprint density at radius 2 is 2.00 bits per heavy atom. The first-order chi connectivity index (χ1) is 11.2. The van der Waals surface area contributed by atoms with E-state index in [1.165, 1.54) is 24.1 Å². The Bertz CT molecular complexity index is 611. The minimum Gasteiger partial charge on any atom is -0.391 e. The van der Waals surface area contributed by atoms with Gasteiger partial charge in [0.2, 0.25) is 5.91 Å². The molecular weight excluding hydrogens is 292 g/mol. The Hall–Kier alpha value is -1.69. The number of aliphatic hydroxyl groups excluding tert-OH is 1. The van der Waals surface area contributed by atoms with Crippen LogP contribution in [0.4, 0.5) is 5.82 Å². The molecule has 6 nitrogen and oxygen atoms in total. The number of aromatic nitrogens is 2. The molecule has 4 rings (SSSR count). The second kappa shape index (κ2) is 5.74. The molecular formula is C17H24N4O2. The van der Waals surface area contributed by atoms with Crippen LogP contribution in [0, 0.1) is 5.41 Å². The van der Waals surface area contributed by atoms with E-state index in [0.29, 0.717) is 13.0 Å². The van der Waals surface area contributed by atoms with Crippen molar-refractivity contribution in [3.63, 3.8) is 0 Å². The van der Waals surface area contributed by atoms with Gasteiger partial charge in [0, 0.05) is 30.9 Å². The van der Waals surface area contributed by atoms with Crippen molar-refractivity contribution in [3.05, 3.63) is 17.6 Å². The number of fused-ring (bicyclic) bond motifs is 1. The van der Waals surface area contributed by atoms with Crippen LogP contribution in [0.25, 0.3) is 0 Å². The van der Waals surface area contributed by atoms with Gasteiger partial charge in [0.15, 0.2) is 0 Å². The number of carbonyl (C=O) groups excluding carboxylic acids is 1. The monoisotopic (exact) mass is 316 g/mol. The van der Waals surface area contributed by atoms with Crippen molar-refractivity contribution in [2.45, 2.75) is 51.0 Å². The Labute approximate surface area is 136 Å². The number of hydrogen-bond acceptors (Lipinski definition) is 5. The fourth-order valence-electron chi connectivity index (χ4n) is 4.37. The number of rotatable bonds is 1. The summed E-state index contributed by atoms with van der Waals surface area (Å²) in [5, 5.41) is 12.8. The predicted octanol–water partition coefficient (Wildman–Crippen LogP) is 0.823. The van der Waals surface area contributed by atoms with Gasteiger partial charge in [-0.2, -0.15) is 0 Å². The van der Waals surface area contributed by atoms with Crippen molar-refractivity contribution in [1.29, 1.82) is 0 Å². The SMILES string of the molecule is O=C1NCC(O)CC12CCN(c1ncnc3c1CCCC3)CC2. The van der Waals surface area contributed by atoms with Crippen LogP contribution in [0.15, 0.2) is 6.33 Å². The number of hydrogen-bond donors (Lipinski definition) is 2. The molecule has 1 amide bonds. The molecule has 3 aliphatic rings. The van der Waals surface area contributed by atoms with Crippen LogP contribution >= 0.6 is 0 Å². The van der Waals surface area contributed by atoms with Crippen molar-refractivity contribution in [2.24, 2.45) is 5.41 Å². The normalized spacial score (nSPS) is 26.7. The number of aliphatic hydroxyl groups is 1. The van der Waals surface area contributed by atoms with Crippen LogP contribution in [0.3, 0.4) is 0 Å². The van der Waals surface area contributed by atoms with Crippen molar-refractivity contribution < 1.29 is 9.90 Å². The van der Waals surface area contributed by atoms with Gasteiger partial charge in [-0.15, -0.1) is 0 Å². The number of aryl methyl sites for hydroxylation is 1. The number of nitrogens with zero attached hydrogens (tertiary/aromatic N) is 3. The van der Waals surface area contributed by atoms with E-state index >= 15 is 0 Å². The molecule has 1 atom stereocenters. The van der Waals surface area contributed by atoms with Crippen molar-refractivity contribution in [2.75, 3.05) is 24.5 Å². The molecule has 0 bridgehead atoms. The highest BCUT2D eigenvalue weighted by Gasteiger charge is 2.45. The summed E-state index contributed by atoms with van der Waals surface area (Å²) in [6.45, 7) is 2.04. The van der Waals surface area contributed by atoms with Crippen LogP contribution in [-0.2, 0) is 17.6 Å². The number of β-amino-alcohol motifs (C(OH)–C–C–N with tert-alkyl or cyclic N) is 1. The van der Waals surface area contributed by atoms with E-state index in [4.69, 9.17) is 0 Å². The van der Waals surface area contributed by atoms with Gasteiger partial charge in [-0.05, 0) is 44.9 Å². The van der Waals surface area contributed by atoms with Crippen LogP contribution in [-0.4, -0.2) is 46.7 Å². The Balaban J connectivity index is 1.53. The van der Waals surface area contributed by atoms with Gasteiger partial charge in [-0.25, -0.2) is 9.97 Å². The molecule has 2 aliphatic heterocycles. The minimum absolute atomic E-state index is 0.118. The molecule has 0 radical (unpaired) electrons. The minimum atomic E-state index is -0.411. The molecule has 23 heavy (non-hydrogen) atoms. The van der Waals surface area contributed by atoms with Crippen molar-refractivity contribution in [1.82, 2.24) is 15.3 Å². The lowest BCUT2D eigenvalue weighted by Gasteiger charge is -2.44. The van der Waals surface area contributed by atoms with E-state index in [-0.39, 0.29) is 11.3 Å². The molecule has 124 valence electrons. The molecule has 2 fully saturated rings. The summed E-state index contributed by atoms with van der Waals surface area (Å²) >= 11 is 0. The fourth-order valence-corrected chi connectivity index (χ4v) is 4.37. The standard InChI is InChI=1S/C17H24N4O2/c22-12-9-17(16(23)18-10-12)5-7-21(8-6-17)15-13-3-1-2-4-14(13)19-11-20-15/h11-12,22H,1-10H2,(H,18,23). The third-order valence-corrected chi connectivity index (χ3v) is 5.73. The lowest BCUT2D eigenvalue weighted by Crippen LogP contribution is -2.56. The molecule has 0 saturated carbocycles. The van der Waals surface area contributed by atoms with E-state index in [1.807, 2.05) is 0 Å². The van der Waals surface area contributed by atoms with E-state index in [2.05, 4.69) is 20.2 Å². The Kier molecular flexibility index (Phi) is 3.71. The number of amides is 1. The summed E-state index contributed by atoms with van der Waals surface area (Å²) in [4.78, 5) is 23.6. The fraction of sp³-hybridized carbons (Fsp3) is 0.706. The highest BCUT2D eigenvalue weighted by Crippen LogP contribution is 2.40. The van der Waals surface area contributed by atoms with Crippen LogP contribution in [0.5, 0.6) is 0 Å². The Morgan fingerprint density at radius 3 is 2.83 bits per heavy atom. The van der Waals surface area contributed by atoms with Gasteiger partial charge in [-0.3, -0.25) is 4.79 Å². The first-order valence-electron chi connectivity index (χ1n) is 8.72. The maximum absolute atomic E-state index is 12.3. The van der Waals surface area contributed by atoms with Crippen LogP contribution < -0.4 is 10.2 Å². The van der Waals surface area contributed by atoms with Gasteiger partial charge in [0.05, 0.1) is 11.5 Å². The quantitative estimate of drug-likeness (QED) is 0.802. The average molecular weight is 316 g/mol. The first-order valence-corrected chi connectivity index (χ1v) is 8.72. The first kappa shape index (κ1) is 14.9. The largest absolute Gasteiger partial charge is 0.391 e. The zero-order chi connectivity index (χ0) is 15.9. The highest BCUT2D eigenvalue weighted by molar-refractivity contribution is 5.84.